The molecular weight excluding hydrogens is 362 g/mol. The normalized spacial score (nSPS) is 11.1. The van der Waals surface area contributed by atoms with Gasteiger partial charge in [0.25, 0.3) is 0 Å². The van der Waals surface area contributed by atoms with Crippen LogP contribution in [0.2, 0.25) is 0 Å². The molecule has 29 heavy (non-hydrogen) atoms. The number of aromatic carboxylic acids is 1. The second-order valence-electron chi connectivity index (χ2n) is 7.13. The van der Waals surface area contributed by atoms with Gasteiger partial charge in [-0.05, 0) is 35.2 Å². The molecule has 0 aliphatic carbocycles. The third-order valence-corrected chi connectivity index (χ3v) is 5.15. The van der Waals surface area contributed by atoms with E-state index in [0.29, 0.717) is 12.1 Å². The molecule has 4 rings (SSSR count). The van der Waals surface area contributed by atoms with Crippen LogP contribution in [0.1, 0.15) is 41.5 Å². The van der Waals surface area contributed by atoms with Gasteiger partial charge in [-0.1, -0.05) is 55.8 Å². The Balaban J connectivity index is 1.66. The molecule has 0 amide bonds. The van der Waals surface area contributed by atoms with Crippen molar-refractivity contribution in [2.24, 2.45) is 0 Å². The highest BCUT2D eigenvalue weighted by Crippen LogP contribution is 2.25. The maximum absolute atomic E-state index is 11.5. The van der Waals surface area contributed by atoms with Crippen LogP contribution in [-0.4, -0.2) is 25.6 Å². The molecule has 2 aromatic carbocycles. The number of fused-ring (bicyclic) bond motifs is 1. The number of carbonyl (C=O) groups is 1. The minimum Gasteiger partial charge on any atom is -0.478 e. The number of hydrogen-bond acceptors (Lipinski definition) is 3. The summed E-state index contributed by atoms with van der Waals surface area (Å²) in [6, 6.07) is 17.1. The molecule has 1 N–H and O–H groups in total. The number of imidazole rings is 1. The summed E-state index contributed by atoms with van der Waals surface area (Å²) in [6.07, 6.45) is 6.81. The van der Waals surface area contributed by atoms with Crippen LogP contribution in [0.15, 0.2) is 67.0 Å². The molecule has 2 heterocycles. The van der Waals surface area contributed by atoms with E-state index in [-0.39, 0.29) is 0 Å². The van der Waals surface area contributed by atoms with Crippen molar-refractivity contribution in [2.75, 3.05) is 0 Å². The minimum absolute atomic E-state index is 0.314. The fourth-order valence-electron chi connectivity index (χ4n) is 3.62. The maximum Gasteiger partial charge on any atom is 0.336 e. The first kappa shape index (κ1) is 18.9. The first-order valence-electron chi connectivity index (χ1n) is 9.88. The summed E-state index contributed by atoms with van der Waals surface area (Å²) in [5, 5.41) is 9.44. The number of nitrogens with zero attached hydrogens (tertiary/aromatic N) is 3. The Hall–Kier alpha value is -3.47. The fourth-order valence-corrected chi connectivity index (χ4v) is 3.62. The molecule has 0 radical (unpaired) electrons. The topological polar surface area (TPSA) is 68.0 Å². The average Bonchev–Trinajstić information content (AvgIpc) is 3.10. The Bertz CT molecular complexity index is 1150. The Kier molecular flexibility index (Phi) is 5.38. The van der Waals surface area contributed by atoms with Gasteiger partial charge in [-0.2, -0.15) is 0 Å². The van der Waals surface area contributed by atoms with Crippen LogP contribution in [0.5, 0.6) is 0 Å². The Morgan fingerprint density at radius 2 is 1.86 bits per heavy atom. The Labute approximate surface area is 169 Å². The number of unbranched alkanes of at least 4 members (excludes halogenated alkanes) is 1. The van der Waals surface area contributed by atoms with Crippen LogP contribution in [-0.2, 0) is 13.0 Å². The zero-order chi connectivity index (χ0) is 20.2. The van der Waals surface area contributed by atoms with E-state index in [1.54, 1.807) is 18.3 Å². The third kappa shape index (κ3) is 3.90. The van der Waals surface area contributed by atoms with Crippen molar-refractivity contribution in [1.82, 2.24) is 14.5 Å². The molecule has 5 heteroatoms. The molecule has 0 fully saturated rings. The molecule has 4 aromatic rings. The standard InChI is InChI=1S/C24H23N3O2/c1-2-3-8-23-26-21-13-14-25-15-22(21)27(23)16-17-9-11-18(12-10-17)19-6-4-5-7-20(19)24(28)29/h4-7,9-15H,2-3,8,16H2,1H3,(H,28,29). The molecule has 0 unspecified atom stereocenters. The molecule has 0 aliphatic rings. The summed E-state index contributed by atoms with van der Waals surface area (Å²) in [4.78, 5) is 20.6. The van der Waals surface area contributed by atoms with E-state index in [0.717, 1.165) is 52.8 Å². The van der Waals surface area contributed by atoms with Gasteiger partial charge in [-0.15, -0.1) is 0 Å². The van der Waals surface area contributed by atoms with Crippen molar-refractivity contribution in [2.45, 2.75) is 32.7 Å². The molecule has 0 saturated carbocycles. The van der Waals surface area contributed by atoms with Crippen LogP contribution in [0.4, 0.5) is 0 Å². The van der Waals surface area contributed by atoms with Gasteiger partial charge >= 0.3 is 5.97 Å². The molecule has 146 valence electrons. The molecule has 0 bridgehead atoms. The highest BCUT2D eigenvalue weighted by molar-refractivity contribution is 5.96. The second kappa shape index (κ2) is 8.27. The van der Waals surface area contributed by atoms with Gasteiger partial charge in [0.15, 0.2) is 0 Å². The molecule has 0 aliphatic heterocycles. The van der Waals surface area contributed by atoms with Gasteiger partial charge < -0.3 is 9.67 Å². The smallest absolute Gasteiger partial charge is 0.336 e. The lowest BCUT2D eigenvalue weighted by Crippen LogP contribution is -2.05. The van der Waals surface area contributed by atoms with Gasteiger partial charge in [-0.25, -0.2) is 9.78 Å². The van der Waals surface area contributed by atoms with Crippen molar-refractivity contribution >= 4 is 17.0 Å². The highest BCUT2D eigenvalue weighted by atomic mass is 16.4. The number of benzene rings is 2. The summed E-state index contributed by atoms with van der Waals surface area (Å²) < 4.78 is 2.23. The van der Waals surface area contributed by atoms with E-state index in [9.17, 15) is 9.90 Å². The average molecular weight is 385 g/mol. The van der Waals surface area contributed by atoms with Gasteiger partial charge in [0.1, 0.15) is 5.82 Å². The number of rotatable bonds is 7. The predicted molar refractivity (Wildman–Crippen MR) is 114 cm³/mol. The molecule has 0 saturated heterocycles. The molecule has 5 nitrogen and oxygen atoms in total. The Morgan fingerprint density at radius 3 is 2.62 bits per heavy atom. The van der Waals surface area contributed by atoms with E-state index >= 15 is 0 Å². The highest BCUT2D eigenvalue weighted by Gasteiger charge is 2.13. The summed E-state index contributed by atoms with van der Waals surface area (Å²) >= 11 is 0. The largest absolute Gasteiger partial charge is 0.478 e. The fraction of sp³-hybridized carbons (Fsp3) is 0.208. The molecule has 0 atom stereocenters. The van der Waals surface area contributed by atoms with Gasteiger partial charge in [-0.3, -0.25) is 4.98 Å². The van der Waals surface area contributed by atoms with Crippen LogP contribution in [0.3, 0.4) is 0 Å². The number of aromatic nitrogens is 3. The number of pyridine rings is 1. The lowest BCUT2D eigenvalue weighted by atomic mass is 9.99. The molecular formula is C24H23N3O2. The zero-order valence-corrected chi connectivity index (χ0v) is 16.4. The van der Waals surface area contributed by atoms with Crippen molar-refractivity contribution in [3.05, 3.63) is 83.9 Å². The van der Waals surface area contributed by atoms with Crippen molar-refractivity contribution in [1.29, 1.82) is 0 Å². The Morgan fingerprint density at radius 1 is 1.07 bits per heavy atom. The van der Waals surface area contributed by atoms with E-state index < -0.39 is 5.97 Å². The van der Waals surface area contributed by atoms with Crippen molar-refractivity contribution < 1.29 is 9.90 Å². The first-order valence-corrected chi connectivity index (χ1v) is 9.88. The van der Waals surface area contributed by atoms with E-state index in [1.165, 1.54) is 0 Å². The maximum atomic E-state index is 11.5. The summed E-state index contributed by atoms with van der Waals surface area (Å²) in [7, 11) is 0. The van der Waals surface area contributed by atoms with E-state index in [4.69, 9.17) is 4.98 Å². The quantitative estimate of drug-likeness (QED) is 0.475. The van der Waals surface area contributed by atoms with Crippen LogP contribution < -0.4 is 0 Å². The number of carboxylic acid groups (broad SMARTS) is 1. The van der Waals surface area contributed by atoms with Crippen LogP contribution in [0, 0.1) is 0 Å². The minimum atomic E-state index is -0.914. The second-order valence-corrected chi connectivity index (χ2v) is 7.13. The summed E-state index contributed by atoms with van der Waals surface area (Å²) in [5.41, 5.74) is 5.09. The van der Waals surface area contributed by atoms with Gasteiger partial charge in [0.2, 0.25) is 0 Å². The summed E-state index contributed by atoms with van der Waals surface area (Å²) in [6.45, 7) is 2.89. The zero-order valence-electron chi connectivity index (χ0n) is 16.4. The predicted octanol–water partition coefficient (Wildman–Crippen LogP) is 5.19. The monoisotopic (exact) mass is 385 g/mol. The lowest BCUT2D eigenvalue weighted by Gasteiger charge is -2.11. The van der Waals surface area contributed by atoms with Crippen LogP contribution in [0.25, 0.3) is 22.2 Å². The summed E-state index contributed by atoms with van der Waals surface area (Å²) in [5.74, 6) is 0.165. The number of hydrogen-bond donors (Lipinski definition) is 1. The molecule has 0 spiro atoms. The lowest BCUT2D eigenvalue weighted by molar-refractivity contribution is 0.0697. The third-order valence-electron chi connectivity index (χ3n) is 5.15. The van der Waals surface area contributed by atoms with Crippen molar-refractivity contribution in [3.63, 3.8) is 0 Å². The SMILES string of the molecule is CCCCc1nc2ccncc2n1Cc1ccc(-c2ccccc2C(=O)O)cc1. The van der Waals surface area contributed by atoms with Gasteiger partial charge in [0.05, 0.1) is 22.8 Å². The molecule has 2 aromatic heterocycles. The van der Waals surface area contributed by atoms with Gasteiger partial charge in [0, 0.05) is 19.2 Å². The van der Waals surface area contributed by atoms with Crippen LogP contribution >= 0.6 is 0 Å². The van der Waals surface area contributed by atoms with Crippen molar-refractivity contribution in [3.8, 4) is 11.1 Å². The number of aryl methyl sites for hydroxylation is 1. The van der Waals surface area contributed by atoms with E-state index in [2.05, 4.69) is 28.6 Å². The first-order chi connectivity index (χ1) is 14.2. The number of carboxylic acids is 1. The van der Waals surface area contributed by atoms with E-state index in [1.807, 2.05) is 36.5 Å².